The van der Waals surface area contributed by atoms with Gasteiger partial charge in [0, 0.05) is 38.4 Å². The third-order valence-corrected chi connectivity index (χ3v) is 3.26. The quantitative estimate of drug-likeness (QED) is 0.748. The molecule has 0 bridgehead atoms. The summed E-state index contributed by atoms with van der Waals surface area (Å²) in [6.45, 7) is 1.52. The maximum absolute atomic E-state index is 10.8. The number of nitrogens with zero attached hydrogens (tertiary/aromatic N) is 2. The average molecular weight is 273 g/mol. The first-order chi connectivity index (χ1) is 9.66. The molecule has 20 heavy (non-hydrogen) atoms. The third-order valence-electron chi connectivity index (χ3n) is 3.26. The molecule has 0 aliphatic rings. The van der Waals surface area contributed by atoms with Gasteiger partial charge in [-0.05, 0) is 17.2 Å². The number of benzene rings is 1. The van der Waals surface area contributed by atoms with Crippen LogP contribution in [-0.2, 0) is 31.2 Å². The Morgan fingerprint density at radius 3 is 2.70 bits per heavy atom. The topological polar surface area (TPSA) is 67.2 Å². The van der Waals surface area contributed by atoms with Gasteiger partial charge in [0.05, 0.1) is 6.42 Å². The Hall–Kier alpha value is -2.14. The summed E-state index contributed by atoms with van der Waals surface area (Å²) in [5.74, 6) is -0.799. The molecule has 2 rings (SSSR count). The fourth-order valence-corrected chi connectivity index (χ4v) is 2.15. The molecular weight excluding hydrogens is 254 g/mol. The van der Waals surface area contributed by atoms with E-state index in [4.69, 9.17) is 5.11 Å². The number of hydrogen-bond donors (Lipinski definition) is 2. The van der Waals surface area contributed by atoms with Crippen molar-refractivity contribution in [1.29, 1.82) is 0 Å². The second-order valence-electron chi connectivity index (χ2n) is 4.71. The van der Waals surface area contributed by atoms with Gasteiger partial charge in [0.2, 0.25) is 0 Å². The van der Waals surface area contributed by atoms with E-state index in [-0.39, 0.29) is 6.42 Å². The minimum atomic E-state index is -0.799. The SMILES string of the molecule is Cn1nccc1CCNCc1ccccc1CC(=O)O. The van der Waals surface area contributed by atoms with Gasteiger partial charge in [0.1, 0.15) is 0 Å². The van der Waals surface area contributed by atoms with Gasteiger partial charge >= 0.3 is 5.97 Å². The lowest BCUT2D eigenvalue weighted by Gasteiger charge is -2.09. The zero-order valence-corrected chi connectivity index (χ0v) is 11.5. The Balaban J connectivity index is 1.85. The Morgan fingerprint density at radius 2 is 2.05 bits per heavy atom. The summed E-state index contributed by atoms with van der Waals surface area (Å²) in [5.41, 5.74) is 3.09. The number of aryl methyl sites for hydroxylation is 1. The van der Waals surface area contributed by atoms with Crippen LogP contribution in [-0.4, -0.2) is 27.4 Å². The highest BCUT2D eigenvalue weighted by Crippen LogP contribution is 2.09. The monoisotopic (exact) mass is 273 g/mol. The van der Waals surface area contributed by atoms with E-state index in [1.807, 2.05) is 42.1 Å². The Bertz CT molecular complexity index is 578. The van der Waals surface area contributed by atoms with Gasteiger partial charge < -0.3 is 10.4 Å². The van der Waals surface area contributed by atoms with E-state index < -0.39 is 5.97 Å². The van der Waals surface area contributed by atoms with Crippen LogP contribution < -0.4 is 5.32 Å². The van der Waals surface area contributed by atoms with Gasteiger partial charge in [0.25, 0.3) is 0 Å². The second kappa shape index (κ2) is 6.86. The number of rotatable bonds is 7. The fourth-order valence-electron chi connectivity index (χ4n) is 2.15. The van der Waals surface area contributed by atoms with Crippen molar-refractivity contribution in [2.45, 2.75) is 19.4 Å². The van der Waals surface area contributed by atoms with Crippen LogP contribution >= 0.6 is 0 Å². The van der Waals surface area contributed by atoms with Crippen LogP contribution in [0.3, 0.4) is 0 Å². The van der Waals surface area contributed by atoms with Crippen LogP contribution in [0.1, 0.15) is 16.8 Å². The highest BCUT2D eigenvalue weighted by molar-refractivity contribution is 5.70. The molecule has 0 atom stereocenters. The molecule has 0 saturated carbocycles. The van der Waals surface area contributed by atoms with Crippen molar-refractivity contribution in [3.8, 4) is 0 Å². The van der Waals surface area contributed by atoms with E-state index in [2.05, 4.69) is 10.4 Å². The minimum Gasteiger partial charge on any atom is -0.481 e. The van der Waals surface area contributed by atoms with Crippen molar-refractivity contribution < 1.29 is 9.90 Å². The first kappa shape index (κ1) is 14.3. The molecule has 1 heterocycles. The maximum atomic E-state index is 10.8. The standard InChI is InChI=1S/C15H19N3O2/c1-18-14(7-9-17-18)6-8-16-11-13-5-3-2-4-12(13)10-15(19)20/h2-5,7,9,16H,6,8,10-11H2,1H3,(H,19,20). The highest BCUT2D eigenvalue weighted by atomic mass is 16.4. The number of nitrogens with one attached hydrogen (secondary N) is 1. The van der Waals surface area contributed by atoms with Gasteiger partial charge in [-0.1, -0.05) is 24.3 Å². The molecule has 0 radical (unpaired) electrons. The van der Waals surface area contributed by atoms with Crippen LogP contribution in [0, 0.1) is 0 Å². The Morgan fingerprint density at radius 1 is 1.30 bits per heavy atom. The molecule has 0 saturated heterocycles. The molecule has 5 heteroatoms. The first-order valence-electron chi connectivity index (χ1n) is 6.63. The van der Waals surface area contributed by atoms with Crippen LogP contribution in [0.15, 0.2) is 36.5 Å². The van der Waals surface area contributed by atoms with Gasteiger partial charge in [0.15, 0.2) is 0 Å². The molecule has 0 amide bonds. The van der Waals surface area contributed by atoms with E-state index in [1.54, 1.807) is 6.20 Å². The van der Waals surface area contributed by atoms with Gasteiger partial charge in [-0.2, -0.15) is 5.10 Å². The van der Waals surface area contributed by atoms with Gasteiger partial charge in [-0.15, -0.1) is 0 Å². The summed E-state index contributed by atoms with van der Waals surface area (Å²) >= 11 is 0. The minimum absolute atomic E-state index is 0.0690. The molecule has 0 unspecified atom stereocenters. The van der Waals surface area contributed by atoms with Crippen LogP contribution in [0.4, 0.5) is 0 Å². The predicted octanol–water partition coefficient (Wildman–Crippen LogP) is 1.38. The highest BCUT2D eigenvalue weighted by Gasteiger charge is 2.06. The number of carbonyl (C=O) groups is 1. The molecule has 1 aromatic heterocycles. The summed E-state index contributed by atoms with van der Waals surface area (Å²) in [5, 5.41) is 16.4. The number of aliphatic carboxylic acids is 1. The summed E-state index contributed by atoms with van der Waals surface area (Å²) in [4.78, 5) is 10.8. The lowest BCUT2D eigenvalue weighted by Crippen LogP contribution is -2.19. The van der Waals surface area contributed by atoms with E-state index in [0.29, 0.717) is 6.54 Å². The molecule has 0 spiro atoms. The molecule has 0 aliphatic carbocycles. The first-order valence-corrected chi connectivity index (χ1v) is 6.63. The average Bonchev–Trinajstić information content (AvgIpc) is 2.81. The molecular formula is C15H19N3O2. The zero-order chi connectivity index (χ0) is 14.4. The summed E-state index contributed by atoms with van der Waals surface area (Å²) in [6.07, 6.45) is 2.76. The van der Waals surface area contributed by atoms with E-state index >= 15 is 0 Å². The molecule has 5 nitrogen and oxygen atoms in total. The summed E-state index contributed by atoms with van der Waals surface area (Å²) in [6, 6.07) is 9.64. The largest absolute Gasteiger partial charge is 0.481 e. The number of aromatic nitrogens is 2. The van der Waals surface area contributed by atoms with E-state index in [9.17, 15) is 4.79 Å². The molecule has 0 aliphatic heterocycles. The lowest BCUT2D eigenvalue weighted by molar-refractivity contribution is -0.136. The van der Waals surface area contributed by atoms with Crippen molar-refractivity contribution in [3.63, 3.8) is 0 Å². The number of hydrogen-bond acceptors (Lipinski definition) is 3. The Labute approximate surface area is 118 Å². The number of carboxylic acid groups (broad SMARTS) is 1. The van der Waals surface area contributed by atoms with E-state index in [1.165, 1.54) is 5.69 Å². The molecule has 2 N–H and O–H groups in total. The third kappa shape index (κ3) is 3.93. The Kier molecular flexibility index (Phi) is 4.90. The molecule has 2 aromatic rings. The number of carboxylic acids is 1. The smallest absolute Gasteiger partial charge is 0.307 e. The van der Waals surface area contributed by atoms with Crippen molar-refractivity contribution in [1.82, 2.24) is 15.1 Å². The second-order valence-corrected chi connectivity index (χ2v) is 4.71. The van der Waals surface area contributed by atoms with E-state index in [0.717, 1.165) is 24.1 Å². The molecule has 0 fully saturated rings. The lowest BCUT2D eigenvalue weighted by atomic mass is 10.0. The van der Waals surface area contributed by atoms with Crippen LogP contribution in [0.25, 0.3) is 0 Å². The van der Waals surface area contributed by atoms with Crippen LogP contribution in [0.5, 0.6) is 0 Å². The van der Waals surface area contributed by atoms with Crippen molar-refractivity contribution in [2.75, 3.05) is 6.54 Å². The summed E-state index contributed by atoms with van der Waals surface area (Å²) < 4.78 is 1.86. The van der Waals surface area contributed by atoms with Crippen LogP contribution in [0.2, 0.25) is 0 Å². The van der Waals surface area contributed by atoms with Crippen molar-refractivity contribution in [3.05, 3.63) is 53.3 Å². The normalized spacial score (nSPS) is 10.7. The van der Waals surface area contributed by atoms with Crippen molar-refractivity contribution in [2.24, 2.45) is 7.05 Å². The zero-order valence-electron chi connectivity index (χ0n) is 11.5. The van der Waals surface area contributed by atoms with Gasteiger partial charge in [-0.25, -0.2) is 0 Å². The molecule has 1 aromatic carbocycles. The molecule has 106 valence electrons. The predicted molar refractivity (Wildman–Crippen MR) is 76.4 cm³/mol. The van der Waals surface area contributed by atoms with Crippen molar-refractivity contribution >= 4 is 5.97 Å². The fraction of sp³-hybridized carbons (Fsp3) is 0.333. The summed E-state index contributed by atoms with van der Waals surface area (Å²) in [7, 11) is 1.93. The maximum Gasteiger partial charge on any atom is 0.307 e. The van der Waals surface area contributed by atoms with Gasteiger partial charge in [-0.3, -0.25) is 9.48 Å².